The van der Waals surface area contributed by atoms with Crippen LogP contribution in [0, 0.1) is 0 Å². The molecule has 1 heterocycles. The Kier molecular flexibility index (Phi) is 5.23. The van der Waals surface area contributed by atoms with Crippen LogP contribution in [0.1, 0.15) is 27.2 Å². The summed E-state index contributed by atoms with van der Waals surface area (Å²) in [6.07, 6.45) is 0.661. The summed E-state index contributed by atoms with van der Waals surface area (Å²) in [4.78, 5) is 14.6. The number of fused-ring (bicyclic) bond motifs is 1. The summed E-state index contributed by atoms with van der Waals surface area (Å²) < 4.78 is 0. The van der Waals surface area contributed by atoms with Gasteiger partial charge in [-0.15, -0.1) is 0 Å². The lowest BCUT2D eigenvalue weighted by atomic mass is 10.0. The molecular formula is C23H20ClN3O2. The number of benzene rings is 3. The minimum atomic E-state index is -0.267. The van der Waals surface area contributed by atoms with Crippen molar-refractivity contribution in [3.05, 3.63) is 94.1 Å². The van der Waals surface area contributed by atoms with Gasteiger partial charge < -0.3 is 10.0 Å². The van der Waals surface area contributed by atoms with E-state index in [4.69, 9.17) is 11.6 Å². The SMILES string of the molecule is CN(Cc1cccc(Cl)c1)C(=O)c1cc2c(Cc3ccccc3)[nH]nc2cc1O. The van der Waals surface area contributed by atoms with Gasteiger partial charge in [-0.1, -0.05) is 54.1 Å². The number of nitrogens with zero attached hydrogens (tertiary/aromatic N) is 2. The number of phenols is 1. The number of rotatable bonds is 5. The van der Waals surface area contributed by atoms with Crippen LogP contribution in [-0.2, 0) is 13.0 Å². The molecule has 4 rings (SSSR count). The number of H-pyrrole nitrogens is 1. The zero-order valence-corrected chi connectivity index (χ0v) is 16.6. The molecule has 0 saturated carbocycles. The minimum Gasteiger partial charge on any atom is -0.507 e. The summed E-state index contributed by atoms with van der Waals surface area (Å²) in [7, 11) is 1.70. The van der Waals surface area contributed by atoms with E-state index in [1.807, 2.05) is 48.5 Å². The van der Waals surface area contributed by atoms with Crippen molar-refractivity contribution in [1.82, 2.24) is 15.1 Å². The largest absolute Gasteiger partial charge is 0.507 e. The number of carbonyl (C=O) groups excluding carboxylic acids is 1. The van der Waals surface area contributed by atoms with Crippen LogP contribution in [0.2, 0.25) is 5.02 Å². The summed E-state index contributed by atoms with van der Waals surface area (Å²) in [5.74, 6) is -0.352. The van der Waals surface area contributed by atoms with Gasteiger partial charge in [0.25, 0.3) is 5.91 Å². The summed E-state index contributed by atoms with van der Waals surface area (Å²) in [6.45, 7) is 0.388. The van der Waals surface area contributed by atoms with Crippen LogP contribution in [0.3, 0.4) is 0 Å². The molecule has 0 aliphatic carbocycles. The van der Waals surface area contributed by atoms with Crippen molar-refractivity contribution in [2.75, 3.05) is 7.05 Å². The quantitative estimate of drug-likeness (QED) is 0.501. The Bertz CT molecular complexity index is 1170. The third-order valence-corrected chi connectivity index (χ3v) is 5.10. The van der Waals surface area contributed by atoms with E-state index in [2.05, 4.69) is 10.2 Å². The summed E-state index contributed by atoms with van der Waals surface area (Å²) >= 11 is 6.03. The number of carbonyl (C=O) groups is 1. The molecule has 0 aliphatic heterocycles. The molecule has 0 unspecified atom stereocenters. The van der Waals surface area contributed by atoms with Crippen molar-refractivity contribution < 1.29 is 9.90 Å². The Balaban J connectivity index is 1.63. The van der Waals surface area contributed by atoms with Crippen LogP contribution in [0.25, 0.3) is 10.9 Å². The van der Waals surface area contributed by atoms with Gasteiger partial charge in [-0.2, -0.15) is 5.10 Å². The zero-order chi connectivity index (χ0) is 20.4. The van der Waals surface area contributed by atoms with Crippen LogP contribution in [0.4, 0.5) is 0 Å². The fourth-order valence-electron chi connectivity index (χ4n) is 3.39. The lowest BCUT2D eigenvalue weighted by molar-refractivity contribution is 0.0782. The van der Waals surface area contributed by atoms with E-state index in [0.717, 1.165) is 22.2 Å². The number of amides is 1. The molecular weight excluding hydrogens is 386 g/mol. The minimum absolute atomic E-state index is 0.0850. The number of aromatic nitrogens is 2. The average Bonchev–Trinajstić information content (AvgIpc) is 3.09. The molecule has 2 N–H and O–H groups in total. The lowest BCUT2D eigenvalue weighted by Crippen LogP contribution is -2.26. The molecule has 3 aromatic carbocycles. The van der Waals surface area contributed by atoms with Gasteiger partial charge in [0.05, 0.1) is 11.1 Å². The Labute approximate surface area is 173 Å². The molecule has 5 nitrogen and oxygen atoms in total. The molecule has 1 amide bonds. The van der Waals surface area contributed by atoms with Gasteiger partial charge >= 0.3 is 0 Å². The highest BCUT2D eigenvalue weighted by atomic mass is 35.5. The molecule has 1 aromatic heterocycles. The fourth-order valence-corrected chi connectivity index (χ4v) is 3.60. The zero-order valence-electron chi connectivity index (χ0n) is 15.9. The Morgan fingerprint density at radius 3 is 2.59 bits per heavy atom. The maximum atomic E-state index is 13.0. The second-order valence-electron chi connectivity index (χ2n) is 7.04. The van der Waals surface area contributed by atoms with Crippen LogP contribution < -0.4 is 0 Å². The number of phenolic OH excluding ortho intramolecular Hbond substituents is 1. The van der Waals surface area contributed by atoms with Crippen LogP contribution >= 0.6 is 11.6 Å². The smallest absolute Gasteiger partial charge is 0.257 e. The van der Waals surface area contributed by atoms with Gasteiger partial charge in [-0.25, -0.2) is 0 Å². The molecule has 0 atom stereocenters. The van der Waals surface area contributed by atoms with E-state index in [9.17, 15) is 9.90 Å². The van der Waals surface area contributed by atoms with E-state index < -0.39 is 0 Å². The van der Waals surface area contributed by atoms with E-state index in [1.54, 1.807) is 24.1 Å². The summed E-state index contributed by atoms with van der Waals surface area (Å²) in [6, 6.07) is 20.6. The predicted octanol–water partition coefficient (Wildman–Crippen LogP) is 4.78. The van der Waals surface area contributed by atoms with Crippen molar-refractivity contribution in [3.8, 4) is 5.75 Å². The predicted molar refractivity (Wildman–Crippen MR) is 114 cm³/mol. The molecule has 4 aromatic rings. The molecule has 0 aliphatic rings. The Morgan fingerprint density at radius 1 is 1.07 bits per heavy atom. The van der Waals surface area contributed by atoms with Gasteiger partial charge in [0.1, 0.15) is 5.75 Å². The van der Waals surface area contributed by atoms with Gasteiger partial charge in [0, 0.05) is 42.2 Å². The molecule has 29 heavy (non-hydrogen) atoms. The van der Waals surface area contributed by atoms with Gasteiger partial charge in [0.2, 0.25) is 0 Å². The lowest BCUT2D eigenvalue weighted by Gasteiger charge is -2.18. The summed E-state index contributed by atoms with van der Waals surface area (Å²) in [5.41, 5.74) is 3.83. The van der Waals surface area contributed by atoms with E-state index >= 15 is 0 Å². The second-order valence-corrected chi connectivity index (χ2v) is 7.48. The first-order chi connectivity index (χ1) is 14.0. The molecule has 146 valence electrons. The average molecular weight is 406 g/mol. The fraction of sp³-hybridized carbons (Fsp3) is 0.130. The maximum Gasteiger partial charge on any atom is 0.257 e. The van der Waals surface area contributed by atoms with Crippen molar-refractivity contribution >= 4 is 28.4 Å². The van der Waals surface area contributed by atoms with E-state index in [-0.39, 0.29) is 17.2 Å². The van der Waals surface area contributed by atoms with Crippen LogP contribution in [-0.4, -0.2) is 33.2 Å². The highest BCUT2D eigenvalue weighted by molar-refractivity contribution is 6.30. The van der Waals surface area contributed by atoms with Crippen molar-refractivity contribution in [3.63, 3.8) is 0 Å². The molecule has 0 radical (unpaired) electrons. The molecule has 0 bridgehead atoms. The first kappa shape index (κ1) is 19.0. The number of nitrogens with one attached hydrogen (secondary N) is 1. The number of hydrogen-bond donors (Lipinski definition) is 2. The van der Waals surface area contributed by atoms with E-state index in [0.29, 0.717) is 23.5 Å². The third-order valence-electron chi connectivity index (χ3n) is 4.86. The Morgan fingerprint density at radius 2 is 1.83 bits per heavy atom. The maximum absolute atomic E-state index is 13.0. The molecule has 0 spiro atoms. The second kappa shape index (κ2) is 7.97. The molecule has 0 saturated heterocycles. The van der Waals surface area contributed by atoms with Crippen molar-refractivity contribution in [2.45, 2.75) is 13.0 Å². The normalized spacial score (nSPS) is 11.0. The first-order valence-electron chi connectivity index (χ1n) is 9.25. The standard InChI is InChI=1S/C23H20ClN3O2/c1-27(14-16-8-5-9-17(24)10-16)23(29)19-12-18-20(11-15-6-3-2-4-7-15)25-26-21(18)13-22(19)28/h2-10,12-13,28H,11,14H2,1H3,(H,25,26). The van der Waals surface area contributed by atoms with Gasteiger partial charge in [-0.05, 0) is 29.3 Å². The number of aromatic amines is 1. The first-order valence-corrected chi connectivity index (χ1v) is 9.63. The molecule has 6 heteroatoms. The van der Waals surface area contributed by atoms with Gasteiger partial charge in [-0.3, -0.25) is 9.89 Å². The highest BCUT2D eigenvalue weighted by Crippen LogP contribution is 2.28. The number of halogens is 1. The molecule has 0 fully saturated rings. The highest BCUT2D eigenvalue weighted by Gasteiger charge is 2.19. The Hall–Kier alpha value is -3.31. The van der Waals surface area contributed by atoms with Gasteiger partial charge in [0.15, 0.2) is 0 Å². The monoisotopic (exact) mass is 405 g/mol. The van der Waals surface area contributed by atoms with Crippen molar-refractivity contribution in [2.24, 2.45) is 0 Å². The third kappa shape index (κ3) is 4.10. The number of hydrogen-bond acceptors (Lipinski definition) is 3. The topological polar surface area (TPSA) is 69.2 Å². The van der Waals surface area contributed by atoms with Crippen molar-refractivity contribution in [1.29, 1.82) is 0 Å². The summed E-state index contributed by atoms with van der Waals surface area (Å²) in [5, 5.41) is 19.2. The van der Waals surface area contributed by atoms with Crippen LogP contribution in [0.15, 0.2) is 66.7 Å². The number of aromatic hydroxyl groups is 1. The van der Waals surface area contributed by atoms with E-state index in [1.165, 1.54) is 6.07 Å². The van der Waals surface area contributed by atoms with Crippen LogP contribution in [0.5, 0.6) is 5.75 Å².